The fourth-order valence-electron chi connectivity index (χ4n) is 0.559. The molecule has 3 nitrogen and oxygen atoms in total. The van der Waals surface area contributed by atoms with Crippen LogP contribution in [0.5, 0.6) is 0 Å². The first-order valence-electron chi connectivity index (χ1n) is 3.55. The molecule has 0 fully saturated rings. The number of carbonyl (C=O) groups is 1. The summed E-state index contributed by atoms with van der Waals surface area (Å²) in [5.74, 6) is -1.08. The second kappa shape index (κ2) is 6.36. The molecule has 0 aliphatic heterocycles. The first-order valence-corrected chi connectivity index (χ1v) is 4.00. The van der Waals surface area contributed by atoms with Crippen molar-refractivity contribution in [2.24, 2.45) is 0 Å². The van der Waals surface area contributed by atoms with E-state index in [-0.39, 0.29) is 0 Å². The van der Waals surface area contributed by atoms with Crippen molar-refractivity contribution in [3.05, 3.63) is 0 Å². The lowest BCUT2D eigenvalue weighted by atomic mass is 10.5. The van der Waals surface area contributed by atoms with E-state index in [1.165, 1.54) is 13.0 Å². The van der Waals surface area contributed by atoms with Gasteiger partial charge in [0, 0.05) is 5.97 Å². The highest BCUT2D eigenvalue weighted by Gasteiger charge is 2.03. The summed E-state index contributed by atoms with van der Waals surface area (Å²) < 4.78 is 0.899. The van der Waals surface area contributed by atoms with Crippen LogP contribution in [0.15, 0.2) is 0 Å². The van der Waals surface area contributed by atoms with Crippen LogP contribution in [0.1, 0.15) is 20.3 Å². The van der Waals surface area contributed by atoms with E-state index in [9.17, 15) is 0 Å². The van der Waals surface area contributed by atoms with Crippen LogP contribution in [-0.2, 0) is 4.79 Å². The minimum absolute atomic E-state index is 0.899. The fraction of sp³-hybridized carbons (Fsp3) is 0.857. The lowest BCUT2D eigenvalue weighted by Crippen LogP contribution is -2.36. The Morgan fingerprint density at radius 1 is 1.55 bits per heavy atom. The van der Waals surface area contributed by atoms with Gasteiger partial charge in [0.2, 0.25) is 0 Å². The lowest BCUT2D eigenvalue weighted by molar-refractivity contribution is -0.773. The molecule has 0 heterocycles. The molecule has 0 amide bonds. The number of carboxylic acid groups (broad SMARTS) is 1. The van der Waals surface area contributed by atoms with Crippen LogP contribution in [-0.4, -0.2) is 41.2 Å². The van der Waals surface area contributed by atoms with Crippen molar-refractivity contribution >= 4 is 16.4 Å². The average molecular weight is 174 g/mol. The predicted molar refractivity (Wildman–Crippen MR) is 43.7 cm³/mol. The number of carboxylic acids is 1. The summed E-state index contributed by atoms with van der Waals surface area (Å²) in [6, 6.07) is 0. The second-order valence-electron chi connectivity index (χ2n) is 2.90. The molecule has 4 heteroatoms. The molecule has 65 valence electrons. The summed E-state index contributed by atoms with van der Waals surface area (Å²) >= 11 is 0. The Balaban J connectivity index is 0. The Bertz CT molecular complexity index is 105. The van der Waals surface area contributed by atoms with Gasteiger partial charge in [-0.05, 0) is 13.3 Å². The van der Waals surface area contributed by atoms with Crippen molar-refractivity contribution in [1.29, 1.82) is 0 Å². The summed E-state index contributed by atoms with van der Waals surface area (Å²) in [4.78, 5) is 8.89. The van der Waals surface area contributed by atoms with Crippen LogP contribution in [0.3, 0.4) is 0 Å². The van der Waals surface area contributed by atoms with Crippen molar-refractivity contribution in [2.75, 3.05) is 20.6 Å². The van der Waals surface area contributed by atoms with Crippen LogP contribution in [0.2, 0.25) is 0 Å². The van der Waals surface area contributed by atoms with Crippen LogP contribution in [0.25, 0.3) is 0 Å². The van der Waals surface area contributed by atoms with Crippen molar-refractivity contribution in [1.82, 2.24) is 0 Å². The molecular weight excluding hydrogens is 158 g/mol. The SMILES string of the molecule is CC(=O)[O-].CCC[N+](C)(C)[Si]. The smallest absolute Gasteiger partial charge is 0.449 e. The third-order valence-corrected chi connectivity index (χ3v) is 1.01. The third-order valence-electron chi connectivity index (χ3n) is 0.783. The molecule has 0 aromatic carbocycles. The Kier molecular flexibility index (Phi) is 7.67. The first-order chi connectivity index (χ1) is 4.79. The minimum Gasteiger partial charge on any atom is -0.550 e. The number of quaternary nitrogens is 1. The maximum absolute atomic E-state index is 8.89. The zero-order valence-corrected chi connectivity index (χ0v) is 8.68. The Morgan fingerprint density at radius 3 is 1.82 bits per heavy atom. The predicted octanol–water partition coefficient (Wildman–Crippen LogP) is -0.687. The first kappa shape index (κ1) is 13.3. The number of carbonyl (C=O) groups excluding carboxylic acids is 1. The van der Waals surface area contributed by atoms with Crippen LogP contribution in [0, 0.1) is 0 Å². The molecule has 0 aliphatic carbocycles. The molecule has 0 bridgehead atoms. The standard InChI is InChI=1S/C5H13NSi.C2H4O2/c1-4-5-6(2,3)7;1-2(3)4/h4-5H2,1-3H3;1H3,(H,3,4)/q+1;/p-1. The highest BCUT2D eigenvalue weighted by molar-refractivity contribution is 5.97. The molecule has 3 radical (unpaired) electrons. The molecule has 0 rings (SSSR count). The monoisotopic (exact) mass is 174 g/mol. The molecule has 11 heavy (non-hydrogen) atoms. The quantitative estimate of drug-likeness (QED) is 0.520. The molecule has 0 aromatic heterocycles. The molecule has 0 saturated carbocycles. The molecule has 0 aliphatic rings. The van der Waals surface area contributed by atoms with Gasteiger partial charge in [-0.25, -0.2) is 0 Å². The van der Waals surface area contributed by atoms with Crippen molar-refractivity contribution in [2.45, 2.75) is 20.3 Å². The Hall–Kier alpha value is -0.353. The van der Waals surface area contributed by atoms with Crippen molar-refractivity contribution < 1.29 is 14.0 Å². The van der Waals surface area contributed by atoms with Gasteiger partial charge >= 0.3 is 10.4 Å². The fourth-order valence-corrected chi connectivity index (χ4v) is 0.783. The largest absolute Gasteiger partial charge is 0.550 e. The van der Waals surface area contributed by atoms with Gasteiger partial charge in [-0.15, -0.1) is 0 Å². The van der Waals surface area contributed by atoms with Gasteiger partial charge in [0.25, 0.3) is 0 Å². The van der Waals surface area contributed by atoms with E-state index >= 15 is 0 Å². The zero-order valence-electron chi connectivity index (χ0n) is 7.68. The third kappa shape index (κ3) is 42.4. The van der Waals surface area contributed by atoms with E-state index in [1.54, 1.807) is 0 Å². The van der Waals surface area contributed by atoms with E-state index in [0.29, 0.717) is 0 Å². The van der Waals surface area contributed by atoms with Crippen LogP contribution >= 0.6 is 0 Å². The van der Waals surface area contributed by atoms with Gasteiger partial charge in [-0.2, -0.15) is 0 Å². The molecule has 0 aromatic rings. The molecule has 0 N–H and O–H groups in total. The number of hydrogen-bond acceptors (Lipinski definition) is 2. The number of rotatable bonds is 2. The van der Waals surface area contributed by atoms with Gasteiger partial charge in [-0.1, -0.05) is 6.92 Å². The van der Waals surface area contributed by atoms with Gasteiger partial charge < -0.3 is 14.0 Å². The van der Waals surface area contributed by atoms with E-state index in [0.717, 1.165) is 11.1 Å². The van der Waals surface area contributed by atoms with E-state index < -0.39 is 5.97 Å². The molecule has 0 spiro atoms. The van der Waals surface area contributed by atoms with E-state index in [4.69, 9.17) is 9.90 Å². The number of hydrogen-bond donors (Lipinski definition) is 0. The maximum atomic E-state index is 8.89. The Morgan fingerprint density at radius 2 is 1.82 bits per heavy atom. The molecule has 0 saturated heterocycles. The molecule has 0 unspecified atom stereocenters. The van der Waals surface area contributed by atoms with Crippen molar-refractivity contribution in [3.8, 4) is 0 Å². The highest BCUT2D eigenvalue weighted by atomic mass is 28.2. The van der Waals surface area contributed by atoms with Crippen molar-refractivity contribution in [3.63, 3.8) is 0 Å². The van der Waals surface area contributed by atoms with E-state index in [1.807, 2.05) is 0 Å². The van der Waals surface area contributed by atoms with Gasteiger partial charge in [0.05, 0.1) is 20.6 Å². The van der Waals surface area contributed by atoms with Crippen LogP contribution in [0.4, 0.5) is 0 Å². The summed E-state index contributed by atoms with van der Waals surface area (Å²) in [5, 5.41) is 8.89. The average Bonchev–Trinajstić information content (AvgIpc) is 1.58. The molecular formula is C7H16NO2Si. The maximum Gasteiger partial charge on any atom is 0.449 e. The summed E-state index contributed by atoms with van der Waals surface area (Å²) in [6.45, 7) is 4.34. The summed E-state index contributed by atoms with van der Waals surface area (Å²) in [7, 11) is 7.77. The van der Waals surface area contributed by atoms with Gasteiger partial charge in [0.15, 0.2) is 0 Å². The lowest BCUT2D eigenvalue weighted by Gasteiger charge is -2.22. The van der Waals surface area contributed by atoms with Gasteiger partial charge in [-0.3, -0.25) is 0 Å². The normalized spacial score (nSPS) is 9.91. The summed E-state index contributed by atoms with van der Waals surface area (Å²) in [6.07, 6.45) is 1.23. The van der Waals surface area contributed by atoms with Crippen LogP contribution < -0.4 is 5.11 Å². The highest BCUT2D eigenvalue weighted by Crippen LogP contribution is 1.88. The number of aliphatic carboxylic acids is 1. The minimum atomic E-state index is -1.08. The van der Waals surface area contributed by atoms with Gasteiger partial charge in [0.1, 0.15) is 0 Å². The molecule has 0 atom stereocenters. The van der Waals surface area contributed by atoms with E-state index in [2.05, 4.69) is 31.4 Å². The topological polar surface area (TPSA) is 40.1 Å². The summed E-state index contributed by atoms with van der Waals surface area (Å²) in [5.41, 5.74) is 0. The Labute approximate surface area is 72.1 Å². The second-order valence-corrected chi connectivity index (χ2v) is 4.11. The number of nitrogens with zero attached hydrogens (tertiary/aromatic N) is 1. The zero-order chi connectivity index (χ0) is 9.49.